The summed E-state index contributed by atoms with van der Waals surface area (Å²) < 4.78 is 13.6. The zero-order chi connectivity index (χ0) is 15.6. The van der Waals surface area contributed by atoms with Crippen molar-refractivity contribution in [3.63, 3.8) is 0 Å². The molecule has 0 fully saturated rings. The van der Waals surface area contributed by atoms with Gasteiger partial charge in [-0.05, 0) is 12.8 Å². The lowest BCUT2D eigenvalue weighted by Crippen LogP contribution is -1.91. The molecule has 127 valence electrons. The molecule has 0 nitrogen and oxygen atoms in total. The summed E-state index contributed by atoms with van der Waals surface area (Å²) in [5, 5.41) is 0. The minimum atomic E-state index is 0.258. The maximum absolute atomic E-state index is 13.6. The lowest BCUT2D eigenvalue weighted by molar-refractivity contribution is 0.397. The van der Waals surface area contributed by atoms with Crippen molar-refractivity contribution in [2.24, 2.45) is 0 Å². The summed E-state index contributed by atoms with van der Waals surface area (Å²) in [5.74, 6) is 0. The van der Waals surface area contributed by atoms with Crippen molar-refractivity contribution in [1.29, 1.82) is 0 Å². The van der Waals surface area contributed by atoms with Gasteiger partial charge < -0.3 is 0 Å². The van der Waals surface area contributed by atoms with Gasteiger partial charge in [-0.1, -0.05) is 110 Å². The van der Waals surface area contributed by atoms with E-state index in [-0.39, 0.29) is 6.17 Å². The van der Waals surface area contributed by atoms with Crippen LogP contribution in [0.15, 0.2) is 0 Å². The van der Waals surface area contributed by atoms with Gasteiger partial charge in [0, 0.05) is 0 Å². The highest BCUT2D eigenvalue weighted by molar-refractivity contribution is 4.75. The second-order valence-corrected chi connectivity index (χ2v) is 6.61. The van der Waals surface area contributed by atoms with Gasteiger partial charge >= 0.3 is 0 Å². The third-order valence-electron chi connectivity index (χ3n) is 4.35. The molecule has 0 saturated heterocycles. The molecule has 0 unspecified atom stereocenters. The average molecular weight is 300 g/mol. The van der Waals surface area contributed by atoms with E-state index >= 15 is 0 Å². The zero-order valence-corrected chi connectivity index (χ0v) is 14.9. The van der Waals surface area contributed by atoms with Gasteiger partial charge in [-0.15, -0.1) is 0 Å². The first-order chi connectivity index (χ1) is 10.3. The quantitative estimate of drug-likeness (QED) is 0.238. The predicted octanol–water partition coefficient (Wildman–Crippen LogP) is 8.16. The molecule has 0 aliphatic carbocycles. The summed E-state index contributed by atoms with van der Waals surface area (Å²) in [6.45, 7) is 4.49. The van der Waals surface area contributed by atoms with Crippen LogP contribution in [0.4, 0.5) is 4.39 Å². The number of rotatable bonds is 17. The maximum Gasteiger partial charge on any atom is 0.144 e. The van der Waals surface area contributed by atoms with Gasteiger partial charge in [0.05, 0.1) is 0 Å². The highest BCUT2D eigenvalue weighted by Crippen LogP contribution is 2.21. The first-order valence-corrected chi connectivity index (χ1v) is 9.81. The van der Waals surface area contributed by atoms with Crippen LogP contribution in [-0.4, -0.2) is 0 Å². The van der Waals surface area contributed by atoms with Crippen LogP contribution in [0.1, 0.15) is 123 Å². The number of hydrogen-bond donors (Lipinski definition) is 0. The predicted molar refractivity (Wildman–Crippen MR) is 94.2 cm³/mol. The van der Waals surface area contributed by atoms with Crippen molar-refractivity contribution in [2.75, 3.05) is 0 Å². The average Bonchev–Trinajstić information content (AvgIpc) is 2.49. The highest BCUT2D eigenvalue weighted by atomic mass is 19.1. The molecule has 0 atom stereocenters. The van der Waals surface area contributed by atoms with Gasteiger partial charge in [0.2, 0.25) is 0 Å². The van der Waals surface area contributed by atoms with Crippen LogP contribution in [0, 0.1) is 6.17 Å². The van der Waals surface area contributed by atoms with Gasteiger partial charge in [0.15, 0.2) is 0 Å². The molecule has 0 amide bonds. The van der Waals surface area contributed by atoms with Gasteiger partial charge in [-0.3, -0.25) is 0 Å². The largest absolute Gasteiger partial charge is 0.240 e. The minimum absolute atomic E-state index is 0.258. The van der Waals surface area contributed by atoms with Crippen LogP contribution < -0.4 is 0 Å². The first kappa shape index (κ1) is 20.9. The molecule has 0 aliphatic heterocycles. The Morgan fingerprint density at radius 2 is 0.762 bits per heavy atom. The highest BCUT2D eigenvalue weighted by Gasteiger charge is 2.07. The summed E-state index contributed by atoms with van der Waals surface area (Å²) in [6.07, 6.45) is 21.1. The Kier molecular flexibility index (Phi) is 17.9. The van der Waals surface area contributed by atoms with E-state index in [9.17, 15) is 4.39 Å². The Balaban J connectivity index is 3.10. The van der Waals surface area contributed by atoms with E-state index in [1.807, 2.05) is 0 Å². The van der Waals surface area contributed by atoms with Crippen LogP contribution >= 0.6 is 0 Å². The number of halogens is 1. The molecule has 0 aliphatic rings. The second-order valence-electron chi connectivity index (χ2n) is 6.61. The topological polar surface area (TPSA) is 0 Å². The van der Waals surface area contributed by atoms with Crippen molar-refractivity contribution in [1.82, 2.24) is 0 Å². The van der Waals surface area contributed by atoms with E-state index in [1.54, 1.807) is 0 Å². The molecule has 0 aromatic carbocycles. The third kappa shape index (κ3) is 17.9. The fourth-order valence-corrected chi connectivity index (χ4v) is 2.85. The number of hydrogen-bond acceptors (Lipinski definition) is 0. The number of unbranched alkanes of at least 4 members (excludes halogenated alkanes) is 13. The Hall–Kier alpha value is -0.0700. The lowest BCUT2D eigenvalue weighted by atomic mass is 10.0. The Labute approximate surface area is 134 Å². The van der Waals surface area contributed by atoms with E-state index < -0.39 is 0 Å². The standard InChI is InChI=1S/C20H40F/c1-3-5-7-9-11-12-13-15-17-19-20(21)18-16-14-10-8-6-4-2/h3-19H2,1-2H3. The molecule has 21 heavy (non-hydrogen) atoms. The minimum Gasteiger partial charge on any atom is -0.240 e. The van der Waals surface area contributed by atoms with Crippen molar-refractivity contribution in [3.05, 3.63) is 6.17 Å². The van der Waals surface area contributed by atoms with E-state index in [1.165, 1.54) is 83.5 Å². The third-order valence-corrected chi connectivity index (χ3v) is 4.35. The van der Waals surface area contributed by atoms with Crippen LogP contribution in [0.2, 0.25) is 0 Å². The Bertz CT molecular complexity index is 179. The molecule has 0 saturated carbocycles. The summed E-state index contributed by atoms with van der Waals surface area (Å²) >= 11 is 0. The van der Waals surface area contributed by atoms with Crippen LogP contribution in [0.3, 0.4) is 0 Å². The smallest absolute Gasteiger partial charge is 0.144 e. The molecular formula is C20H40F. The summed E-state index contributed by atoms with van der Waals surface area (Å²) in [5.41, 5.74) is 0. The van der Waals surface area contributed by atoms with Crippen LogP contribution in [-0.2, 0) is 0 Å². The van der Waals surface area contributed by atoms with Crippen LogP contribution in [0.5, 0.6) is 0 Å². The molecule has 0 spiro atoms. The van der Waals surface area contributed by atoms with Gasteiger partial charge in [0.25, 0.3) is 0 Å². The zero-order valence-electron chi connectivity index (χ0n) is 14.9. The fourth-order valence-electron chi connectivity index (χ4n) is 2.85. The molecule has 0 bridgehead atoms. The van der Waals surface area contributed by atoms with Gasteiger partial charge in [-0.2, -0.15) is 0 Å². The van der Waals surface area contributed by atoms with Crippen LogP contribution in [0.25, 0.3) is 0 Å². The first-order valence-electron chi connectivity index (χ1n) is 9.81. The lowest BCUT2D eigenvalue weighted by Gasteiger charge is -2.07. The monoisotopic (exact) mass is 299 g/mol. The van der Waals surface area contributed by atoms with Crippen molar-refractivity contribution >= 4 is 0 Å². The molecule has 0 N–H and O–H groups in total. The molecule has 1 radical (unpaired) electrons. The fraction of sp³-hybridized carbons (Fsp3) is 0.950. The maximum atomic E-state index is 13.6. The van der Waals surface area contributed by atoms with E-state index in [0.29, 0.717) is 0 Å². The SMILES string of the molecule is CCCCCCCCCCC[C](F)CCCCCCCC. The molecule has 1 heteroatoms. The second kappa shape index (κ2) is 18.0. The molecule has 0 rings (SSSR count). The molecule has 0 heterocycles. The summed E-state index contributed by atoms with van der Waals surface area (Å²) in [7, 11) is 0. The van der Waals surface area contributed by atoms with Crippen molar-refractivity contribution in [2.45, 2.75) is 123 Å². The normalized spacial score (nSPS) is 11.4. The molecule has 0 aromatic heterocycles. The van der Waals surface area contributed by atoms with Gasteiger partial charge in [0.1, 0.15) is 6.17 Å². The van der Waals surface area contributed by atoms with Crippen molar-refractivity contribution in [3.8, 4) is 0 Å². The molecule has 0 aromatic rings. The Morgan fingerprint density at radius 1 is 0.476 bits per heavy atom. The van der Waals surface area contributed by atoms with E-state index in [0.717, 1.165) is 25.7 Å². The van der Waals surface area contributed by atoms with Gasteiger partial charge in [-0.25, -0.2) is 4.39 Å². The van der Waals surface area contributed by atoms with E-state index in [4.69, 9.17) is 0 Å². The van der Waals surface area contributed by atoms with E-state index in [2.05, 4.69) is 13.8 Å². The summed E-state index contributed by atoms with van der Waals surface area (Å²) in [6, 6.07) is 0. The Morgan fingerprint density at radius 3 is 1.10 bits per heavy atom. The molecular weight excluding hydrogens is 259 g/mol. The summed E-state index contributed by atoms with van der Waals surface area (Å²) in [4.78, 5) is 0. The van der Waals surface area contributed by atoms with Crippen molar-refractivity contribution < 1.29 is 4.39 Å².